The molecule has 144 valence electrons. The standard InChI is InChI=1S/C20H26N4O3/c1-14(2)16-4-6-17(7-5-16)20(26)24-12-10-23(11-13-24)19(25)9-8-18-22-21-15(3)27-18/h4-7,14H,8-13H2,1-3H3. The zero-order valence-corrected chi connectivity index (χ0v) is 16.1. The minimum Gasteiger partial charge on any atom is -0.426 e. The molecule has 2 heterocycles. The molecule has 0 spiro atoms. The first-order valence-corrected chi connectivity index (χ1v) is 9.40. The Morgan fingerprint density at radius 3 is 2.22 bits per heavy atom. The minimum atomic E-state index is 0.0266. The van der Waals surface area contributed by atoms with Crippen molar-refractivity contribution in [3.05, 3.63) is 47.2 Å². The van der Waals surface area contributed by atoms with E-state index in [1.165, 1.54) is 5.56 Å². The number of rotatable bonds is 5. The van der Waals surface area contributed by atoms with E-state index in [1.807, 2.05) is 29.2 Å². The number of benzene rings is 1. The minimum absolute atomic E-state index is 0.0266. The molecular weight excluding hydrogens is 344 g/mol. The predicted octanol–water partition coefficient (Wildman–Crippen LogP) is 2.42. The Hall–Kier alpha value is -2.70. The molecule has 3 rings (SSSR count). The smallest absolute Gasteiger partial charge is 0.253 e. The summed E-state index contributed by atoms with van der Waals surface area (Å²) in [5.74, 6) is 1.52. The lowest BCUT2D eigenvalue weighted by atomic mass is 10.0. The van der Waals surface area contributed by atoms with Crippen molar-refractivity contribution in [3.8, 4) is 0 Å². The quantitative estimate of drug-likeness (QED) is 0.807. The van der Waals surface area contributed by atoms with Crippen molar-refractivity contribution in [2.45, 2.75) is 39.5 Å². The highest BCUT2D eigenvalue weighted by Crippen LogP contribution is 2.16. The van der Waals surface area contributed by atoms with Gasteiger partial charge in [-0.25, -0.2) is 0 Å². The summed E-state index contributed by atoms with van der Waals surface area (Å²) < 4.78 is 5.30. The van der Waals surface area contributed by atoms with Gasteiger partial charge in [-0.15, -0.1) is 10.2 Å². The predicted molar refractivity (Wildman–Crippen MR) is 100 cm³/mol. The highest BCUT2D eigenvalue weighted by molar-refractivity contribution is 5.94. The summed E-state index contributed by atoms with van der Waals surface area (Å²) >= 11 is 0. The van der Waals surface area contributed by atoms with E-state index in [1.54, 1.807) is 11.8 Å². The summed E-state index contributed by atoms with van der Waals surface area (Å²) in [5, 5.41) is 7.67. The van der Waals surface area contributed by atoms with E-state index in [2.05, 4.69) is 24.0 Å². The summed E-state index contributed by atoms with van der Waals surface area (Å²) in [7, 11) is 0. The first kappa shape index (κ1) is 19.1. The van der Waals surface area contributed by atoms with E-state index in [0.717, 1.165) is 0 Å². The summed E-state index contributed by atoms with van der Waals surface area (Å²) in [6, 6.07) is 7.80. The average molecular weight is 370 g/mol. The number of nitrogens with zero attached hydrogens (tertiary/aromatic N) is 4. The molecule has 0 bridgehead atoms. The van der Waals surface area contributed by atoms with Crippen LogP contribution in [0.1, 0.15) is 53.9 Å². The van der Waals surface area contributed by atoms with Crippen LogP contribution in [0.4, 0.5) is 0 Å². The van der Waals surface area contributed by atoms with E-state index < -0.39 is 0 Å². The van der Waals surface area contributed by atoms with Crippen molar-refractivity contribution < 1.29 is 14.0 Å². The van der Waals surface area contributed by atoms with Crippen molar-refractivity contribution in [1.82, 2.24) is 20.0 Å². The Bertz CT molecular complexity index is 790. The van der Waals surface area contributed by atoms with Crippen LogP contribution in [0.2, 0.25) is 0 Å². The van der Waals surface area contributed by atoms with Crippen LogP contribution in [-0.2, 0) is 11.2 Å². The van der Waals surface area contributed by atoms with Crippen LogP contribution in [0.25, 0.3) is 0 Å². The van der Waals surface area contributed by atoms with Crippen molar-refractivity contribution >= 4 is 11.8 Å². The Morgan fingerprint density at radius 1 is 1.04 bits per heavy atom. The molecule has 0 aliphatic carbocycles. The lowest BCUT2D eigenvalue weighted by Gasteiger charge is -2.35. The van der Waals surface area contributed by atoms with Gasteiger partial charge in [-0.05, 0) is 23.6 Å². The number of aryl methyl sites for hydroxylation is 2. The zero-order chi connectivity index (χ0) is 19.4. The van der Waals surface area contributed by atoms with Crippen molar-refractivity contribution in [1.29, 1.82) is 0 Å². The molecule has 7 heteroatoms. The first-order valence-electron chi connectivity index (χ1n) is 9.40. The third kappa shape index (κ3) is 4.72. The summed E-state index contributed by atoms with van der Waals surface area (Å²) in [5.41, 5.74) is 1.92. The monoisotopic (exact) mass is 370 g/mol. The molecule has 27 heavy (non-hydrogen) atoms. The summed E-state index contributed by atoms with van der Waals surface area (Å²) in [6.07, 6.45) is 0.785. The number of amides is 2. The molecule has 0 radical (unpaired) electrons. The van der Waals surface area contributed by atoms with Crippen molar-refractivity contribution in [3.63, 3.8) is 0 Å². The molecule has 1 aliphatic heterocycles. The van der Waals surface area contributed by atoms with Gasteiger partial charge in [0.05, 0.1) is 0 Å². The molecule has 1 saturated heterocycles. The lowest BCUT2D eigenvalue weighted by molar-refractivity contribution is -0.132. The number of carbonyl (C=O) groups excluding carboxylic acids is 2. The normalized spacial score (nSPS) is 14.7. The maximum Gasteiger partial charge on any atom is 0.253 e. The van der Waals surface area contributed by atoms with E-state index in [4.69, 9.17) is 4.42 Å². The highest BCUT2D eigenvalue weighted by atomic mass is 16.4. The SMILES string of the molecule is Cc1nnc(CCC(=O)N2CCN(C(=O)c3ccc(C(C)C)cc3)CC2)o1. The van der Waals surface area contributed by atoms with Gasteiger partial charge in [-0.2, -0.15) is 0 Å². The average Bonchev–Trinajstić information content (AvgIpc) is 3.11. The van der Waals surface area contributed by atoms with Crippen LogP contribution in [0.15, 0.2) is 28.7 Å². The molecule has 1 fully saturated rings. The molecule has 7 nitrogen and oxygen atoms in total. The van der Waals surface area contributed by atoms with Crippen LogP contribution in [-0.4, -0.2) is 58.0 Å². The third-order valence-electron chi connectivity index (χ3n) is 4.86. The Balaban J connectivity index is 1.48. The molecule has 1 aromatic heterocycles. The van der Waals surface area contributed by atoms with Gasteiger partial charge >= 0.3 is 0 Å². The van der Waals surface area contributed by atoms with Gasteiger partial charge < -0.3 is 14.2 Å². The van der Waals surface area contributed by atoms with Gasteiger partial charge in [0.1, 0.15) is 0 Å². The topological polar surface area (TPSA) is 79.5 Å². The van der Waals surface area contributed by atoms with Crippen LogP contribution in [0, 0.1) is 6.92 Å². The van der Waals surface area contributed by atoms with Gasteiger partial charge in [0.15, 0.2) is 0 Å². The van der Waals surface area contributed by atoms with Gasteiger partial charge in [0, 0.05) is 51.5 Å². The maximum atomic E-state index is 12.7. The van der Waals surface area contributed by atoms with Gasteiger partial charge in [0.2, 0.25) is 17.7 Å². The molecule has 0 unspecified atom stereocenters. The van der Waals surface area contributed by atoms with Gasteiger partial charge in [0.25, 0.3) is 5.91 Å². The fourth-order valence-electron chi connectivity index (χ4n) is 3.16. The number of hydrogen-bond donors (Lipinski definition) is 0. The second-order valence-electron chi connectivity index (χ2n) is 7.16. The van der Waals surface area contributed by atoms with Gasteiger partial charge in [-0.3, -0.25) is 9.59 Å². The van der Waals surface area contributed by atoms with E-state index >= 15 is 0 Å². The Labute approximate surface area is 159 Å². The molecule has 0 saturated carbocycles. The summed E-state index contributed by atoms with van der Waals surface area (Å²) in [6.45, 7) is 8.20. The van der Waals surface area contributed by atoms with E-state index in [0.29, 0.717) is 62.3 Å². The van der Waals surface area contributed by atoms with Crippen molar-refractivity contribution in [2.24, 2.45) is 0 Å². The Kier molecular flexibility index (Phi) is 5.88. The fraction of sp³-hybridized carbons (Fsp3) is 0.500. The zero-order valence-electron chi connectivity index (χ0n) is 16.1. The molecule has 0 atom stereocenters. The van der Waals surface area contributed by atoms with Crippen LogP contribution >= 0.6 is 0 Å². The van der Waals surface area contributed by atoms with Gasteiger partial charge in [-0.1, -0.05) is 26.0 Å². The molecular formula is C20H26N4O3. The first-order chi connectivity index (χ1) is 12.9. The lowest BCUT2D eigenvalue weighted by Crippen LogP contribution is -2.50. The number of piperazine rings is 1. The van der Waals surface area contributed by atoms with E-state index in [9.17, 15) is 9.59 Å². The second-order valence-corrected chi connectivity index (χ2v) is 7.16. The second kappa shape index (κ2) is 8.33. The number of carbonyl (C=O) groups is 2. The van der Waals surface area contributed by atoms with Crippen LogP contribution in [0.3, 0.4) is 0 Å². The van der Waals surface area contributed by atoms with Crippen molar-refractivity contribution in [2.75, 3.05) is 26.2 Å². The largest absolute Gasteiger partial charge is 0.426 e. The molecule has 0 N–H and O–H groups in total. The van der Waals surface area contributed by atoms with Crippen LogP contribution < -0.4 is 0 Å². The number of aromatic nitrogens is 2. The van der Waals surface area contributed by atoms with E-state index in [-0.39, 0.29) is 11.8 Å². The fourth-order valence-corrected chi connectivity index (χ4v) is 3.16. The Morgan fingerprint density at radius 2 is 1.67 bits per heavy atom. The molecule has 1 aliphatic rings. The third-order valence-corrected chi connectivity index (χ3v) is 4.86. The maximum absolute atomic E-state index is 12.7. The number of hydrogen-bond acceptors (Lipinski definition) is 5. The molecule has 2 amide bonds. The van der Waals surface area contributed by atoms with Crippen LogP contribution in [0.5, 0.6) is 0 Å². The molecule has 2 aromatic rings. The highest BCUT2D eigenvalue weighted by Gasteiger charge is 2.25. The molecule has 1 aromatic carbocycles. The summed E-state index contributed by atoms with van der Waals surface area (Å²) in [4.78, 5) is 28.6.